The number of amides is 2. The Hall–Kier alpha value is -1.45. The van der Waals surface area contributed by atoms with Crippen LogP contribution in [0.1, 0.15) is 43.3 Å². The molecule has 146 valence electrons. The summed E-state index contributed by atoms with van der Waals surface area (Å²) >= 11 is 1.33. The van der Waals surface area contributed by atoms with Crippen molar-refractivity contribution in [3.63, 3.8) is 0 Å². The van der Waals surface area contributed by atoms with E-state index in [2.05, 4.69) is 10.0 Å². The lowest BCUT2D eigenvalue weighted by Gasteiger charge is -2.34. The average Bonchev–Trinajstić information content (AvgIpc) is 3.14. The van der Waals surface area contributed by atoms with Crippen molar-refractivity contribution in [2.45, 2.75) is 44.9 Å². The van der Waals surface area contributed by atoms with Gasteiger partial charge in [0, 0.05) is 19.6 Å². The molecule has 0 radical (unpaired) electrons. The molecule has 9 heteroatoms. The van der Waals surface area contributed by atoms with Gasteiger partial charge in [0.25, 0.3) is 5.91 Å². The summed E-state index contributed by atoms with van der Waals surface area (Å²) < 4.78 is 26.4. The fourth-order valence-electron chi connectivity index (χ4n) is 2.84. The summed E-state index contributed by atoms with van der Waals surface area (Å²) in [6.45, 7) is 6.41. The van der Waals surface area contributed by atoms with Crippen LogP contribution in [-0.4, -0.2) is 56.1 Å². The lowest BCUT2D eigenvalue weighted by Crippen LogP contribution is -2.51. The molecule has 1 aliphatic heterocycles. The maximum absolute atomic E-state index is 12.6. The van der Waals surface area contributed by atoms with Gasteiger partial charge < -0.3 is 10.2 Å². The number of carbonyl (C=O) groups excluding carboxylic acids is 2. The molecule has 1 aromatic rings. The van der Waals surface area contributed by atoms with Gasteiger partial charge >= 0.3 is 0 Å². The third kappa shape index (κ3) is 5.52. The number of likely N-dealkylation sites (tertiary alicyclic amines) is 1. The van der Waals surface area contributed by atoms with Crippen LogP contribution in [0.3, 0.4) is 0 Å². The smallest absolute Gasteiger partial charge is 0.261 e. The van der Waals surface area contributed by atoms with Crippen molar-refractivity contribution in [1.29, 1.82) is 0 Å². The van der Waals surface area contributed by atoms with Crippen molar-refractivity contribution in [2.75, 3.05) is 19.6 Å². The largest absolute Gasteiger partial charge is 0.341 e. The summed E-state index contributed by atoms with van der Waals surface area (Å²) in [6, 6.07) is 2.89. The summed E-state index contributed by atoms with van der Waals surface area (Å²) in [5, 5.41) is 4.07. The second-order valence-electron chi connectivity index (χ2n) is 6.91. The summed E-state index contributed by atoms with van der Waals surface area (Å²) in [5.74, 6) is -0.299. The predicted molar refractivity (Wildman–Crippen MR) is 103 cm³/mol. The molecule has 7 nitrogen and oxygen atoms in total. The second kappa shape index (κ2) is 8.96. The molecule has 2 N–H and O–H groups in total. The second-order valence-corrected chi connectivity index (χ2v) is 10.2. The first-order valence-electron chi connectivity index (χ1n) is 8.82. The van der Waals surface area contributed by atoms with Crippen LogP contribution in [0.2, 0.25) is 0 Å². The Morgan fingerprint density at radius 2 is 2.08 bits per heavy atom. The van der Waals surface area contributed by atoms with Gasteiger partial charge in [0.1, 0.15) is 6.04 Å². The number of hydrogen-bond acceptors (Lipinski definition) is 5. The Balaban J connectivity index is 1.87. The molecule has 2 rings (SSSR count). The highest BCUT2D eigenvalue weighted by atomic mass is 32.2. The van der Waals surface area contributed by atoms with Gasteiger partial charge in [0.2, 0.25) is 15.9 Å². The minimum Gasteiger partial charge on any atom is -0.341 e. The number of carbonyl (C=O) groups is 2. The van der Waals surface area contributed by atoms with Gasteiger partial charge in [-0.05, 0) is 51.0 Å². The first-order valence-corrected chi connectivity index (χ1v) is 11.2. The Morgan fingerprint density at radius 1 is 1.35 bits per heavy atom. The third-order valence-corrected chi connectivity index (χ3v) is 7.17. The molecule has 0 aliphatic carbocycles. The Bertz CT molecular complexity index is 716. The zero-order chi connectivity index (χ0) is 19.3. The molecule has 1 aliphatic rings. The summed E-state index contributed by atoms with van der Waals surface area (Å²) in [5.41, 5.74) is 0. The maximum Gasteiger partial charge on any atom is 0.261 e. The highest BCUT2D eigenvalue weighted by Crippen LogP contribution is 2.17. The summed E-state index contributed by atoms with van der Waals surface area (Å²) in [6.07, 6.45) is 1.70. The molecule has 0 saturated carbocycles. The van der Waals surface area contributed by atoms with E-state index >= 15 is 0 Å². The third-order valence-electron chi connectivity index (χ3n) is 4.49. The van der Waals surface area contributed by atoms with E-state index < -0.39 is 21.3 Å². The molecule has 0 bridgehead atoms. The Labute approximate surface area is 159 Å². The van der Waals surface area contributed by atoms with Gasteiger partial charge in [-0.2, -0.15) is 0 Å². The number of piperidine rings is 1. The van der Waals surface area contributed by atoms with Crippen LogP contribution in [-0.2, 0) is 14.8 Å². The van der Waals surface area contributed by atoms with E-state index in [4.69, 9.17) is 0 Å². The van der Waals surface area contributed by atoms with Crippen molar-refractivity contribution in [1.82, 2.24) is 14.9 Å². The quantitative estimate of drug-likeness (QED) is 0.722. The minimum absolute atomic E-state index is 0.0847. The molecule has 0 aromatic carbocycles. The number of sulfonamides is 1. The van der Waals surface area contributed by atoms with Crippen molar-refractivity contribution >= 4 is 33.2 Å². The van der Waals surface area contributed by atoms with Crippen LogP contribution >= 0.6 is 11.3 Å². The van der Waals surface area contributed by atoms with Crippen LogP contribution in [0.5, 0.6) is 0 Å². The number of nitrogens with one attached hydrogen (secondary N) is 2. The standard InChI is InChI=1S/C17H27N3O4S2/c1-12(2)26(23,24)18-10-14-6-4-8-20(11-14)17(22)13(3)19-16(21)15-7-5-9-25-15/h5,7,9,12-14,18H,4,6,8,10-11H2,1-3H3,(H,19,21)/t13-,14+/m1/s1. The van der Waals surface area contributed by atoms with E-state index in [0.717, 1.165) is 12.8 Å². The molecule has 1 aromatic heterocycles. The van der Waals surface area contributed by atoms with E-state index in [0.29, 0.717) is 24.5 Å². The number of nitrogens with zero attached hydrogens (tertiary/aromatic N) is 1. The predicted octanol–water partition coefficient (Wildman–Crippen LogP) is 1.43. The van der Waals surface area contributed by atoms with E-state index in [9.17, 15) is 18.0 Å². The molecular weight excluding hydrogens is 374 g/mol. The Kier molecular flexibility index (Phi) is 7.19. The van der Waals surface area contributed by atoms with Crippen LogP contribution in [0.25, 0.3) is 0 Å². The zero-order valence-corrected chi connectivity index (χ0v) is 17.0. The van der Waals surface area contributed by atoms with Gasteiger partial charge in [-0.1, -0.05) is 6.07 Å². The van der Waals surface area contributed by atoms with E-state index in [-0.39, 0.29) is 17.7 Å². The summed E-state index contributed by atoms with van der Waals surface area (Å²) in [7, 11) is -3.30. The lowest BCUT2D eigenvalue weighted by molar-refractivity contribution is -0.134. The van der Waals surface area contributed by atoms with Crippen molar-refractivity contribution in [3.05, 3.63) is 22.4 Å². The number of rotatable bonds is 7. The average molecular weight is 402 g/mol. The first kappa shape index (κ1) is 20.9. The maximum atomic E-state index is 12.6. The molecule has 2 amide bonds. The SMILES string of the molecule is CC(C)S(=O)(=O)NC[C@@H]1CCCN(C(=O)[C@@H](C)NC(=O)c2cccs2)C1. The fraction of sp³-hybridized carbons (Fsp3) is 0.647. The molecule has 0 unspecified atom stereocenters. The van der Waals surface area contributed by atoms with Gasteiger partial charge in [0.05, 0.1) is 10.1 Å². The Morgan fingerprint density at radius 3 is 2.69 bits per heavy atom. The summed E-state index contributed by atoms with van der Waals surface area (Å²) in [4.78, 5) is 27.0. The normalized spacial score (nSPS) is 19.4. The van der Waals surface area contributed by atoms with Crippen LogP contribution in [0, 0.1) is 5.92 Å². The van der Waals surface area contributed by atoms with Crippen molar-refractivity contribution in [3.8, 4) is 0 Å². The first-order chi connectivity index (χ1) is 12.2. The lowest BCUT2D eigenvalue weighted by atomic mass is 9.98. The van der Waals surface area contributed by atoms with Crippen molar-refractivity contribution in [2.24, 2.45) is 5.92 Å². The topological polar surface area (TPSA) is 95.6 Å². The van der Waals surface area contributed by atoms with Crippen LogP contribution in [0.15, 0.2) is 17.5 Å². The molecular formula is C17H27N3O4S2. The van der Waals surface area contributed by atoms with E-state index in [1.54, 1.807) is 37.8 Å². The van der Waals surface area contributed by atoms with Crippen molar-refractivity contribution < 1.29 is 18.0 Å². The van der Waals surface area contributed by atoms with E-state index in [1.165, 1.54) is 11.3 Å². The molecule has 2 atom stereocenters. The highest BCUT2D eigenvalue weighted by molar-refractivity contribution is 7.90. The highest BCUT2D eigenvalue weighted by Gasteiger charge is 2.28. The zero-order valence-electron chi connectivity index (χ0n) is 15.4. The van der Waals surface area contributed by atoms with E-state index in [1.807, 2.05) is 5.38 Å². The number of thiophene rings is 1. The minimum atomic E-state index is -3.30. The molecule has 26 heavy (non-hydrogen) atoms. The molecule has 1 fully saturated rings. The van der Waals surface area contributed by atoms with Crippen LogP contribution in [0.4, 0.5) is 0 Å². The number of hydrogen-bond donors (Lipinski definition) is 2. The fourth-order valence-corrected chi connectivity index (χ4v) is 4.27. The monoisotopic (exact) mass is 401 g/mol. The van der Waals surface area contributed by atoms with Gasteiger partial charge in [-0.15, -0.1) is 11.3 Å². The van der Waals surface area contributed by atoms with Crippen LogP contribution < -0.4 is 10.0 Å². The van der Waals surface area contributed by atoms with Gasteiger partial charge in [0.15, 0.2) is 0 Å². The molecule has 0 spiro atoms. The van der Waals surface area contributed by atoms with Gasteiger partial charge in [-0.3, -0.25) is 9.59 Å². The molecule has 1 saturated heterocycles. The molecule has 2 heterocycles. The van der Waals surface area contributed by atoms with Gasteiger partial charge in [-0.25, -0.2) is 13.1 Å².